The molecule has 1 aliphatic carbocycles. The first kappa shape index (κ1) is 18.6. The zero-order chi connectivity index (χ0) is 15.0. The van der Waals surface area contributed by atoms with Gasteiger partial charge in [0, 0.05) is 31.5 Å². The number of halogens is 1. The molecule has 1 saturated carbocycles. The number of carbonyl (C=O) groups is 1. The minimum atomic E-state index is -0.885. The van der Waals surface area contributed by atoms with Crippen molar-refractivity contribution in [2.75, 3.05) is 32.9 Å². The lowest BCUT2D eigenvalue weighted by molar-refractivity contribution is -0.184. The summed E-state index contributed by atoms with van der Waals surface area (Å²) in [6.45, 7) is 7.85. The van der Waals surface area contributed by atoms with Gasteiger partial charge in [-0.15, -0.1) is 12.4 Å². The number of hydrogen-bond acceptors (Lipinski definition) is 5. The van der Waals surface area contributed by atoms with E-state index in [-0.39, 0.29) is 42.5 Å². The summed E-state index contributed by atoms with van der Waals surface area (Å²) in [7, 11) is 0. The molecule has 124 valence electrons. The van der Waals surface area contributed by atoms with Crippen molar-refractivity contribution < 1.29 is 19.4 Å². The molecule has 0 bridgehead atoms. The first-order valence-corrected chi connectivity index (χ1v) is 7.29. The van der Waals surface area contributed by atoms with Gasteiger partial charge in [-0.3, -0.25) is 4.79 Å². The Balaban J connectivity index is 0.00000220. The van der Waals surface area contributed by atoms with Gasteiger partial charge < -0.3 is 25.2 Å². The average molecular weight is 323 g/mol. The molecule has 7 heteroatoms. The van der Waals surface area contributed by atoms with E-state index in [4.69, 9.17) is 20.3 Å². The molecule has 0 aromatic heterocycles. The van der Waals surface area contributed by atoms with Crippen molar-refractivity contribution >= 4 is 18.3 Å². The fourth-order valence-corrected chi connectivity index (χ4v) is 3.09. The van der Waals surface area contributed by atoms with Gasteiger partial charge in [-0.05, 0) is 6.92 Å². The Bertz CT molecular complexity index is 380. The average Bonchev–Trinajstić information content (AvgIpc) is 2.46. The predicted octanol–water partition coefficient (Wildman–Crippen LogP) is 0.160. The molecule has 3 atom stereocenters. The third-order valence-electron chi connectivity index (χ3n) is 4.84. The maximum absolute atomic E-state index is 12.7. The Morgan fingerprint density at radius 3 is 2.71 bits per heavy atom. The van der Waals surface area contributed by atoms with E-state index in [1.54, 1.807) is 4.90 Å². The summed E-state index contributed by atoms with van der Waals surface area (Å²) >= 11 is 0. The van der Waals surface area contributed by atoms with E-state index in [9.17, 15) is 4.79 Å². The van der Waals surface area contributed by atoms with Gasteiger partial charge in [-0.2, -0.15) is 0 Å². The van der Waals surface area contributed by atoms with Gasteiger partial charge in [0.2, 0.25) is 5.91 Å². The van der Waals surface area contributed by atoms with Crippen LogP contribution in [0.2, 0.25) is 0 Å². The number of nitrogens with zero attached hydrogens (tertiary/aromatic N) is 1. The van der Waals surface area contributed by atoms with Crippen LogP contribution in [-0.4, -0.2) is 66.6 Å². The molecule has 2 fully saturated rings. The highest BCUT2D eigenvalue weighted by molar-refractivity contribution is 5.89. The molecule has 21 heavy (non-hydrogen) atoms. The first-order chi connectivity index (χ1) is 9.36. The number of morpholine rings is 1. The Labute approximate surface area is 132 Å². The largest absolute Gasteiger partial charge is 0.394 e. The van der Waals surface area contributed by atoms with Crippen LogP contribution in [0.25, 0.3) is 0 Å². The lowest BCUT2D eigenvalue weighted by Gasteiger charge is -2.59. The summed E-state index contributed by atoms with van der Waals surface area (Å²) in [5, 5.41) is 9.17. The number of amides is 1. The van der Waals surface area contributed by atoms with Crippen LogP contribution in [0.5, 0.6) is 0 Å². The zero-order valence-corrected chi connectivity index (χ0v) is 13.8. The summed E-state index contributed by atoms with van der Waals surface area (Å²) < 4.78 is 11.0. The van der Waals surface area contributed by atoms with Crippen LogP contribution in [0.3, 0.4) is 0 Å². The van der Waals surface area contributed by atoms with Crippen molar-refractivity contribution in [2.45, 2.75) is 44.9 Å². The maximum atomic E-state index is 12.7. The monoisotopic (exact) mass is 322 g/mol. The van der Waals surface area contributed by atoms with E-state index in [0.29, 0.717) is 32.7 Å². The van der Waals surface area contributed by atoms with Crippen LogP contribution in [0, 0.1) is 5.41 Å². The lowest BCUT2D eigenvalue weighted by Crippen LogP contribution is -2.76. The number of carbonyl (C=O) groups excluding carboxylic acids is 1. The maximum Gasteiger partial charge on any atom is 0.243 e. The summed E-state index contributed by atoms with van der Waals surface area (Å²) in [6, 6.07) is 0. The van der Waals surface area contributed by atoms with Crippen LogP contribution in [0.4, 0.5) is 0 Å². The molecule has 6 nitrogen and oxygen atoms in total. The molecule has 3 unspecified atom stereocenters. The second-order valence-corrected chi connectivity index (χ2v) is 6.27. The fourth-order valence-electron chi connectivity index (χ4n) is 3.09. The minimum absolute atomic E-state index is 0. The highest BCUT2D eigenvalue weighted by Crippen LogP contribution is 2.50. The molecule has 0 aromatic carbocycles. The number of nitrogens with two attached hydrogens (primary N) is 1. The van der Waals surface area contributed by atoms with E-state index in [1.165, 1.54) is 0 Å². The number of hydrogen-bond donors (Lipinski definition) is 2. The van der Waals surface area contributed by atoms with Crippen molar-refractivity contribution in [3.8, 4) is 0 Å². The Morgan fingerprint density at radius 1 is 1.52 bits per heavy atom. The standard InChI is InChI=1S/C14H26N2O4.ClH/c1-4-19-11-7-14(15,13(11,2)3)12(18)16-5-6-20-10(8-16)9-17;/h10-11,17H,4-9,15H2,1-3H3;1H. The molecule has 0 aromatic rings. The van der Waals surface area contributed by atoms with Gasteiger partial charge in [0.25, 0.3) is 0 Å². The Morgan fingerprint density at radius 2 is 2.19 bits per heavy atom. The van der Waals surface area contributed by atoms with Gasteiger partial charge >= 0.3 is 0 Å². The first-order valence-electron chi connectivity index (χ1n) is 7.29. The fraction of sp³-hybridized carbons (Fsp3) is 0.929. The van der Waals surface area contributed by atoms with Crippen molar-refractivity contribution in [3.05, 3.63) is 0 Å². The number of rotatable bonds is 4. The number of ether oxygens (including phenoxy) is 2. The predicted molar refractivity (Wildman–Crippen MR) is 81.4 cm³/mol. The smallest absolute Gasteiger partial charge is 0.243 e. The highest BCUT2D eigenvalue weighted by Gasteiger charge is 2.63. The zero-order valence-electron chi connectivity index (χ0n) is 13.0. The van der Waals surface area contributed by atoms with Crippen LogP contribution < -0.4 is 5.73 Å². The van der Waals surface area contributed by atoms with Crippen LogP contribution >= 0.6 is 12.4 Å². The molecule has 2 rings (SSSR count). The minimum Gasteiger partial charge on any atom is -0.394 e. The number of aliphatic hydroxyl groups is 1. The summed E-state index contributed by atoms with van der Waals surface area (Å²) in [5.74, 6) is -0.0554. The number of aliphatic hydroxyl groups excluding tert-OH is 1. The molecule has 0 spiro atoms. The molecule has 2 aliphatic rings. The van der Waals surface area contributed by atoms with Crippen molar-refractivity contribution in [2.24, 2.45) is 11.1 Å². The third-order valence-corrected chi connectivity index (χ3v) is 4.84. The molecule has 1 saturated heterocycles. The lowest BCUT2D eigenvalue weighted by atomic mass is 9.54. The van der Waals surface area contributed by atoms with E-state index in [2.05, 4.69) is 0 Å². The Kier molecular flexibility index (Phi) is 6.03. The van der Waals surface area contributed by atoms with E-state index < -0.39 is 5.54 Å². The molecule has 1 heterocycles. The molecular weight excluding hydrogens is 296 g/mol. The third kappa shape index (κ3) is 3.05. The summed E-state index contributed by atoms with van der Waals surface area (Å²) in [6.07, 6.45) is 0.270. The van der Waals surface area contributed by atoms with Gasteiger partial charge in [-0.1, -0.05) is 13.8 Å². The topological polar surface area (TPSA) is 85.0 Å². The van der Waals surface area contributed by atoms with E-state index in [0.717, 1.165) is 0 Å². The van der Waals surface area contributed by atoms with Crippen LogP contribution in [0.1, 0.15) is 27.2 Å². The van der Waals surface area contributed by atoms with Crippen LogP contribution in [-0.2, 0) is 14.3 Å². The SMILES string of the molecule is CCOC1CC(N)(C(=O)N2CCOC(CO)C2)C1(C)C.Cl. The van der Waals surface area contributed by atoms with Crippen LogP contribution in [0.15, 0.2) is 0 Å². The van der Waals surface area contributed by atoms with Crippen molar-refractivity contribution in [3.63, 3.8) is 0 Å². The molecule has 3 N–H and O–H groups in total. The van der Waals surface area contributed by atoms with Gasteiger partial charge in [0.05, 0.1) is 25.4 Å². The molecular formula is C14H27ClN2O4. The van der Waals surface area contributed by atoms with E-state index in [1.807, 2.05) is 20.8 Å². The normalized spacial score (nSPS) is 34.8. The highest BCUT2D eigenvalue weighted by atomic mass is 35.5. The van der Waals surface area contributed by atoms with Crippen molar-refractivity contribution in [1.29, 1.82) is 0 Å². The van der Waals surface area contributed by atoms with E-state index >= 15 is 0 Å². The summed E-state index contributed by atoms with van der Waals surface area (Å²) in [4.78, 5) is 14.5. The van der Waals surface area contributed by atoms with Gasteiger partial charge in [0.15, 0.2) is 0 Å². The second-order valence-electron chi connectivity index (χ2n) is 6.27. The van der Waals surface area contributed by atoms with Gasteiger partial charge in [0.1, 0.15) is 5.54 Å². The quantitative estimate of drug-likeness (QED) is 0.770. The summed E-state index contributed by atoms with van der Waals surface area (Å²) in [5.41, 5.74) is 5.12. The Hall–Kier alpha value is -0.400. The molecule has 0 radical (unpaired) electrons. The van der Waals surface area contributed by atoms with Crippen molar-refractivity contribution in [1.82, 2.24) is 4.90 Å². The molecule has 1 aliphatic heterocycles. The van der Waals surface area contributed by atoms with Gasteiger partial charge in [-0.25, -0.2) is 0 Å². The molecule has 1 amide bonds. The second kappa shape index (κ2) is 6.79.